The Hall–Kier alpha value is -2.02. The lowest BCUT2D eigenvalue weighted by Crippen LogP contribution is -2.26. The Bertz CT molecular complexity index is 583. The highest BCUT2D eigenvalue weighted by Gasteiger charge is 2.15. The molecule has 0 fully saturated rings. The van der Waals surface area contributed by atoms with Crippen LogP contribution in [0.5, 0.6) is 0 Å². The van der Waals surface area contributed by atoms with E-state index in [0.29, 0.717) is 17.9 Å². The van der Waals surface area contributed by atoms with Crippen LogP contribution < -0.4 is 5.32 Å². The second-order valence-electron chi connectivity index (χ2n) is 4.12. The van der Waals surface area contributed by atoms with Gasteiger partial charge in [0.25, 0.3) is 5.91 Å². The molecule has 2 heterocycles. The standard InChI is InChI=1S/C12H15N5OS/c1-8-10(19-16-15-8)7-17(3)12(18)9-4-5-14-11(6-9)13-2/h4-6H,7H2,1-3H3,(H,13,14). The Kier molecular flexibility index (Phi) is 4.06. The fourth-order valence-corrected chi connectivity index (χ4v) is 2.29. The molecule has 0 saturated heterocycles. The van der Waals surface area contributed by atoms with Gasteiger partial charge >= 0.3 is 0 Å². The first-order valence-corrected chi connectivity index (χ1v) is 6.56. The summed E-state index contributed by atoms with van der Waals surface area (Å²) in [6, 6.07) is 3.44. The molecule has 0 saturated carbocycles. The zero-order chi connectivity index (χ0) is 13.8. The summed E-state index contributed by atoms with van der Waals surface area (Å²) in [5.74, 6) is 0.626. The second-order valence-corrected chi connectivity index (χ2v) is 4.96. The van der Waals surface area contributed by atoms with Crippen LogP contribution in [-0.4, -0.2) is 39.5 Å². The first-order valence-electron chi connectivity index (χ1n) is 5.79. The van der Waals surface area contributed by atoms with Gasteiger partial charge in [0.05, 0.1) is 17.1 Å². The minimum absolute atomic E-state index is 0.0494. The molecule has 0 aliphatic heterocycles. The van der Waals surface area contributed by atoms with Crippen LogP contribution in [-0.2, 0) is 6.54 Å². The van der Waals surface area contributed by atoms with E-state index in [2.05, 4.69) is 19.9 Å². The minimum Gasteiger partial charge on any atom is -0.373 e. The van der Waals surface area contributed by atoms with Gasteiger partial charge in [-0.05, 0) is 30.6 Å². The van der Waals surface area contributed by atoms with Gasteiger partial charge in [0, 0.05) is 25.9 Å². The van der Waals surface area contributed by atoms with Gasteiger partial charge in [-0.25, -0.2) is 4.98 Å². The van der Waals surface area contributed by atoms with Crippen molar-refractivity contribution in [2.75, 3.05) is 19.4 Å². The van der Waals surface area contributed by atoms with Crippen molar-refractivity contribution in [1.82, 2.24) is 19.5 Å². The predicted octanol–water partition coefficient (Wildman–Crippen LogP) is 1.56. The van der Waals surface area contributed by atoms with Crippen molar-refractivity contribution in [2.24, 2.45) is 0 Å². The molecule has 0 aliphatic rings. The van der Waals surface area contributed by atoms with E-state index in [1.165, 1.54) is 11.5 Å². The number of hydrogen-bond donors (Lipinski definition) is 1. The topological polar surface area (TPSA) is 71.0 Å². The lowest BCUT2D eigenvalue weighted by Gasteiger charge is -2.16. The largest absolute Gasteiger partial charge is 0.373 e. The first kappa shape index (κ1) is 13.4. The van der Waals surface area contributed by atoms with Crippen LogP contribution in [0.1, 0.15) is 20.9 Å². The Balaban J connectivity index is 2.12. The number of carbonyl (C=O) groups excluding carboxylic acids is 1. The number of nitrogens with one attached hydrogen (secondary N) is 1. The van der Waals surface area contributed by atoms with Gasteiger partial charge in [-0.2, -0.15) is 0 Å². The summed E-state index contributed by atoms with van der Waals surface area (Å²) in [5.41, 5.74) is 1.48. The third-order valence-electron chi connectivity index (χ3n) is 2.74. The number of carbonyl (C=O) groups is 1. The Morgan fingerprint density at radius 1 is 1.53 bits per heavy atom. The van der Waals surface area contributed by atoms with Crippen molar-refractivity contribution in [3.63, 3.8) is 0 Å². The molecule has 1 amide bonds. The quantitative estimate of drug-likeness (QED) is 0.918. The molecular formula is C12H15N5OS. The molecule has 0 aliphatic carbocycles. The first-order chi connectivity index (χ1) is 9.11. The maximum atomic E-state index is 12.3. The highest BCUT2D eigenvalue weighted by molar-refractivity contribution is 7.05. The monoisotopic (exact) mass is 277 g/mol. The summed E-state index contributed by atoms with van der Waals surface area (Å²) in [4.78, 5) is 19.0. The van der Waals surface area contributed by atoms with Gasteiger partial charge in [0.2, 0.25) is 0 Å². The van der Waals surface area contributed by atoms with Crippen LogP contribution in [0.15, 0.2) is 18.3 Å². The number of aromatic nitrogens is 3. The van der Waals surface area contributed by atoms with Crippen molar-refractivity contribution in [1.29, 1.82) is 0 Å². The van der Waals surface area contributed by atoms with Crippen LogP contribution in [0.2, 0.25) is 0 Å². The molecular weight excluding hydrogens is 262 g/mol. The summed E-state index contributed by atoms with van der Waals surface area (Å²) in [6.07, 6.45) is 1.62. The highest BCUT2D eigenvalue weighted by Crippen LogP contribution is 2.14. The number of nitrogens with zero attached hydrogens (tertiary/aromatic N) is 4. The average Bonchev–Trinajstić information content (AvgIpc) is 2.83. The lowest BCUT2D eigenvalue weighted by molar-refractivity contribution is 0.0786. The van der Waals surface area contributed by atoms with Crippen molar-refractivity contribution >= 4 is 23.3 Å². The maximum absolute atomic E-state index is 12.3. The summed E-state index contributed by atoms with van der Waals surface area (Å²) >= 11 is 1.32. The van der Waals surface area contributed by atoms with Crippen LogP contribution in [0.4, 0.5) is 5.82 Å². The van der Waals surface area contributed by atoms with E-state index in [4.69, 9.17) is 0 Å². The lowest BCUT2D eigenvalue weighted by atomic mass is 10.2. The van der Waals surface area contributed by atoms with Crippen molar-refractivity contribution in [3.05, 3.63) is 34.5 Å². The zero-order valence-corrected chi connectivity index (χ0v) is 11.9. The summed E-state index contributed by atoms with van der Waals surface area (Å²) in [7, 11) is 3.54. The fourth-order valence-electron chi connectivity index (χ4n) is 1.60. The Morgan fingerprint density at radius 3 is 2.95 bits per heavy atom. The van der Waals surface area contributed by atoms with Gasteiger partial charge in [0.1, 0.15) is 5.82 Å². The van der Waals surface area contributed by atoms with E-state index < -0.39 is 0 Å². The molecule has 0 bridgehead atoms. The predicted molar refractivity (Wildman–Crippen MR) is 74.2 cm³/mol. The van der Waals surface area contributed by atoms with E-state index in [1.807, 2.05) is 6.92 Å². The Labute approximate surface area is 115 Å². The van der Waals surface area contributed by atoms with E-state index >= 15 is 0 Å². The normalized spacial score (nSPS) is 10.3. The average molecular weight is 277 g/mol. The molecule has 1 N–H and O–H groups in total. The van der Waals surface area contributed by atoms with Gasteiger partial charge in [-0.3, -0.25) is 4.79 Å². The molecule has 7 heteroatoms. The van der Waals surface area contributed by atoms with Crippen molar-refractivity contribution in [3.8, 4) is 0 Å². The molecule has 6 nitrogen and oxygen atoms in total. The molecule has 19 heavy (non-hydrogen) atoms. The van der Waals surface area contributed by atoms with Gasteiger partial charge in [0.15, 0.2) is 0 Å². The van der Waals surface area contributed by atoms with Crippen molar-refractivity contribution in [2.45, 2.75) is 13.5 Å². The Morgan fingerprint density at radius 2 is 2.32 bits per heavy atom. The SMILES string of the molecule is CNc1cc(C(=O)N(C)Cc2snnc2C)ccn1. The van der Waals surface area contributed by atoms with Gasteiger partial charge < -0.3 is 10.2 Å². The molecule has 0 aromatic carbocycles. The van der Waals surface area contributed by atoms with E-state index in [9.17, 15) is 4.79 Å². The second kappa shape index (κ2) is 5.75. The number of amides is 1. The van der Waals surface area contributed by atoms with Crippen molar-refractivity contribution < 1.29 is 4.79 Å². The number of pyridine rings is 1. The van der Waals surface area contributed by atoms with E-state index in [1.54, 1.807) is 37.3 Å². The minimum atomic E-state index is -0.0494. The molecule has 2 aromatic heterocycles. The summed E-state index contributed by atoms with van der Waals surface area (Å²) in [5, 5.41) is 6.86. The fraction of sp³-hybridized carbons (Fsp3) is 0.333. The number of anilines is 1. The third-order valence-corrected chi connectivity index (χ3v) is 3.54. The summed E-state index contributed by atoms with van der Waals surface area (Å²) in [6.45, 7) is 2.40. The number of hydrogen-bond acceptors (Lipinski definition) is 6. The van der Waals surface area contributed by atoms with Gasteiger partial charge in [-0.1, -0.05) is 4.49 Å². The molecule has 0 spiro atoms. The molecule has 0 radical (unpaired) electrons. The molecule has 2 aromatic rings. The van der Waals surface area contributed by atoms with E-state index in [-0.39, 0.29) is 5.91 Å². The zero-order valence-electron chi connectivity index (χ0n) is 11.0. The molecule has 0 unspecified atom stereocenters. The van der Waals surface area contributed by atoms with Gasteiger partial charge in [-0.15, -0.1) is 5.10 Å². The smallest absolute Gasteiger partial charge is 0.254 e. The third kappa shape index (κ3) is 3.05. The molecule has 100 valence electrons. The van der Waals surface area contributed by atoms with Crippen LogP contribution >= 0.6 is 11.5 Å². The molecule has 0 atom stereocenters. The van der Waals surface area contributed by atoms with Crippen LogP contribution in [0, 0.1) is 6.92 Å². The number of aryl methyl sites for hydroxylation is 1. The van der Waals surface area contributed by atoms with Crippen LogP contribution in [0.3, 0.4) is 0 Å². The molecule has 2 rings (SSSR count). The van der Waals surface area contributed by atoms with Crippen LogP contribution in [0.25, 0.3) is 0 Å². The highest BCUT2D eigenvalue weighted by atomic mass is 32.1. The van der Waals surface area contributed by atoms with E-state index in [0.717, 1.165) is 10.6 Å². The number of rotatable bonds is 4. The maximum Gasteiger partial charge on any atom is 0.254 e. The summed E-state index contributed by atoms with van der Waals surface area (Å²) < 4.78 is 3.87.